The molecule has 0 aliphatic carbocycles. The number of carboxylic acids is 1. The van der Waals surface area contributed by atoms with Crippen molar-refractivity contribution in [3.63, 3.8) is 0 Å². The predicted octanol–water partition coefficient (Wildman–Crippen LogP) is 3.50. The molecule has 1 aromatic carbocycles. The summed E-state index contributed by atoms with van der Waals surface area (Å²) >= 11 is 6.18. The lowest BCUT2D eigenvalue weighted by Crippen LogP contribution is -2.00. The highest BCUT2D eigenvalue weighted by Gasteiger charge is 2.14. The maximum absolute atomic E-state index is 11.2. The SMILES string of the molecule is CCOc1ccc(-c2cnccc2C(=O)O)c(Cl)c1. The van der Waals surface area contributed by atoms with E-state index < -0.39 is 5.97 Å². The van der Waals surface area contributed by atoms with Gasteiger partial charge in [0, 0.05) is 23.5 Å². The summed E-state index contributed by atoms with van der Waals surface area (Å²) in [4.78, 5) is 15.1. The molecule has 0 fully saturated rings. The number of hydrogen-bond acceptors (Lipinski definition) is 3. The highest BCUT2D eigenvalue weighted by Crippen LogP contribution is 2.32. The number of pyridine rings is 1. The quantitative estimate of drug-likeness (QED) is 0.929. The second-order valence-electron chi connectivity index (χ2n) is 3.80. The van der Waals surface area contributed by atoms with Crippen molar-refractivity contribution in [2.45, 2.75) is 6.92 Å². The minimum Gasteiger partial charge on any atom is -0.494 e. The van der Waals surface area contributed by atoms with E-state index in [1.54, 1.807) is 18.2 Å². The van der Waals surface area contributed by atoms with E-state index in [0.717, 1.165) is 0 Å². The Morgan fingerprint density at radius 1 is 1.37 bits per heavy atom. The van der Waals surface area contributed by atoms with Crippen molar-refractivity contribution in [3.8, 4) is 16.9 Å². The van der Waals surface area contributed by atoms with Crippen LogP contribution >= 0.6 is 11.6 Å². The summed E-state index contributed by atoms with van der Waals surface area (Å²) < 4.78 is 5.34. The van der Waals surface area contributed by atoms with Gasteiger partial charge < -0.3 is 9.84 Å². The van der Waals surface area contributed by atoms with Crippen LogP contribution in [0, 0.1) is 0 Å². The fourth-order valence-electron chi connectivity index (χ4n) is 1.77. The maximum Gasteiger partial charge on any atom is 0.336 e. The van der Waals surface area contributed by atoms with E-state index in [0.29, 0.717) is 28.5 Å². The van der Waals surface area contributed by atoms with Crippen molar-refractivity contribution in [3.05, 3.63) is 47.2 Å². The van der Waals surface area contributed by atoms with E-state index >= 15 is 0 Å². The van der Waals surface area contributed by atoms with Gasteiger partial charge in [-0.15, -0.1) is 0 Å². The van der Waals surface area contributed by atoms with Crippen molar-refractivity contribution in [2.75, 3.05) is 6.61 Å². The summed E-state index contributed by atoms with van der Waals surface area (Å²) in [5.41, 5.74) is 1.28. The molecule has 0 saturated heterocycles. The lowest BCUT2D eigenvalue weighted by molar-refractivity contribution is 0.0697. The molecule has 0 amide bonds. The molecule has 0 atom stereocenters. The molecule has 0 aliphatic rings. The number of aromatic nitrogens is 1. The Morgan fingerprint density at radius 3 is 2.79 bits per heavy atom. The number of benzene rings is 1. The minimum absolute atomic E-state index is 0.168. The maximum atomic E-state index is 11.2. The summed E-state index contributed by atoms with van der Waals surface area (Å²) in [7, 11) is 0. The van der Waals surface area contributed by atoms with Crippen LogP contribution < -0.4 is 4.74 Å². The molecule has 1 N–H and O–H groups in total. The molecular formula is C14H12ClNO3. The largest absolute Gasteiger partial charge is 0.494 e. The first-order valence-corrected chi connectivity index (χ1v) is 6.11. The van der Waals surface area contributed by atoms with Gasteiger partial charge in [-0.2, -0.15) is 0 Å². The standard InChI is InChI=1S/C14H12ClNO3/c1-2-19-9-3-4-10(13(15)7-9)12-8-16-6-5-11(12)14(17)18/h3-8H,2H2,1H3,(H,17,18). The average molecular weight is 278 g/mol. The number of halogens is 1. The van der Waals surface area contributed by atoms with Crippen molar-refractivity contribution in [1.82, 2.24) is 4.98 Å². The summed E-state index contributed by atoms with van der Waals surface area (Å²) in [6, 6.07) is 6.60. The molecule has 1 heterocycles. The second kappa shape index (κ2) is 5.71. The normalized spacial score (nSPS) is 10.2. The third-order valence-electron chi connectivity index (χ3n) is 2.59. The van der Waals surface area contributed by atoms with Gasteiger partial charge in [0.1, 0.15) is 5.75 Å². The first-order chi connectivity index (χ1) is 9.13. The van der Waals surface area contributed by atoms with Crippen molar-refractivity contribution in [2.24, 2.45) is 0 Å². The van der Waals surface area contributed by atoms with Gasteiger partial charge in [-0.25, -0.2) is 4.79 Å². The summed E-state index contributed by atoms with van der Waals surface area (Å²) in [5.74, 6) is -0.362. The van der Waals surface area contributed by atoms with Gasteiger partial charge in [0.05, 0.1) is 17.2 Å². The number of hydrogen-bond donors (Lipinski definition) is 1. The van der Waals surface area contributed by atoms with Crippen LogP contribution in [0.15, 0.2) is 36.7 Å². The smallest absolute Gasteiger partial charge is 0.336 e. The van der Waals surface area contributed by atoms with Gasteiger partial charge >= 0.3 is 5.97 Å². The van der Waals surface area contributed by atoms with E-state index in [9.17, 15) is 4.79 Å². The molecule has 0 radical (unpaired) electrons. The molecule has 2 aromatic rings. The zero-order valence-corrected chi connectivity index (χ0v) is 11.0. The summed E-state index contributed by atoms with van der Waals surface area (Å²) in [6.45, 7) is 2.43. The van der Waals surface area contributed by atoms with Gasteiger partial charge in [-0.1, -0.05) is 11.6 Å². The molecule has 0 unspecified atom stereocenters. The molecule has 1 aromatic heterocycles. The average Bonchev–Trinajstić information content (AvgIpc) is 2.39. The third kappa shape index (κ3) is 2.85. The van der Waals surface area contributed by atoms with E-state index in [2.05, 4.69) is 4.98 Å². The van der Waals surface area contributed by atoms with Crippen LogP contribution in [0.3, 0.4) is 0 Å². The zero-order chi connectivity index (χ0) is 13.8. The highest BCUT2D eigenvalue weighted by molar-refractivity contribution is 6.33. The molecular weight excluding hydrogens is 266 g/mol. The molecule has 5 heteroatoms. The number of carboxylic acid groups (broad SMARTS) is 1. The van der Waals surface area contributed by atoms with E-state index in [1.165, 1.54) is 18.5 Å². The number of rotatable bonds is 4. The van der Waals surface area contributed by atoms with Crippen molar-refractivity contribution >= 4 is 17.6 Å². The number of carbonyl (C=O) groups is 1. The van der Waals surface area contributed by atoms with Gasteiger partial charge in [-0.3, -0.25) is 4.98 Å². The van der Waals surface area contributed by atoms with Gasteiger partial charge in [-0.05, 0) is 31.2 Å². The first-order valence-electron chi connectivity index (χ1n) is 5.73. The lowest BCUT2D eigenvalue weighted by atomic mass is 10.0. The van der Waals surface area contributed by atoms with Gasteiger partial charge in [0.2, 0.25) is 0 Å². The molecule has 2 rings (SSSR count). The Hall–Kier alpha value is -2.07. The van der Waals surface area contributed by atoms with Crippen molar-refractivity contribution < 1.29 is 14.6 Å². The number of ether oxygens (including phenoxy) is 1. The molecule has 19 heavy (non-hydrogen) atoms. The first kappa shape index (κ1) is 13.4. The topological polar surface area (TPSA) is 59.4 Å². The van der Waals surface area contributed by atoms with E-state index in [1.807, 2.05) is 6.92 Å². The molecule has 4 nitrogen and oxygen atoms in total. The molecule has 98 valence electrons. The van der Waals surface area contributed by atoms with Crippen LogP contribution in [0.25, 0.3) is 11.1 Å². The Kier molecular flexibility index (Phi) is 4.02. The Bertz CT molecular complexity index is 613. The molecule has 0 spiro atoms. The number of aromatic carboxylic acids is 1. The lowest BCUT2D eigenvalue weighted by Gasteiger charge is -2.09. The second-order valence-corrected chi connectivity index (χ2v) is 4.21. The molecule has 0 aliphatic heterocycles. The van der Waals surface area contributed by atoms with Crippen LogP contribution in [-0.4, -0.2) is 22.7 Å². The zero-order valence-electron chi connectivity index (χ0n) is 10.3. The fourth-order valence-corrected chi connectivity index (χ4v) is 2.04. The van der Waals surface area contributed by atoms with E-state index in [4.69, 9.17) is 21.4 Å². The Morgan fingerprint density at radius 2 is 2.16 bits per heavy atom. The summed E-state index contributed by atoms with van der Waals surface area (Å²) in [6.07, 6.45) is 2.93. The monoisotopic (exact) mass is 277 g/mol. The Balaban J connectivity index is 2.50. The van der Waals surface area contributed by atoms with Crippen LogP contribution in [0.5, 0.6) is 5.75 Å². The fraction of sp³-hybridized carbons (Fsp3) is 0.143. The minimum atomic E-state index is -1.01. The molecule has 0 saturated carbocycles. The Labute approximate surface area is 115 Å². The van der Waals surface area contributed by atoms with Crippen molar-refractivity contribution in [1.29, 1.82) is 0 Å². The van der Waals surface area contributed by atoms with Gasteiger partial charge in [0.25, 0.3) is 0 Å². The van der Waals surface area contributed by atoms with Crippen LogP contribution in [0.2, 0.25) is 5.02 Å². The van der Waals surface area contributed by atoms with E-state index in [-0.39, 0.29) is 5.56 Å². The number of nitrogens with zero attached hydrogens (tertiary/aromatic N) is 1. The van der Waals surface area contributed by atoms with Crippen LogP contribution in [-0.2, 0) is 0 Å². The third-order valence-corrected chi connectivity index (χ3v) is 2.91. The highest BCUT2D eigenvalue weighted by atomic mass is 35.5. The molecule has 0 bridgehead atoms. The summed E-state index contributed by atoms with van der Waals surface area (Å²) in [5, 5.41) is 9.59. The van der Waals surface area contributed by atoms with Crippen LogP contribution in [0.4, 0.5) is 0 Å². The van der Waals surface area contributed by atoms with Gasteiger partial charge in [0.15, 0.2) is 0 Å². The predicted molar refractivity (Wildman–Crippen MR) is 72.8 cm³/mol. The van der Waals surface area contributed by atoms with Crippen LogP contribution in [0.1, 0.15) is 17.3 Å².